The molecule has 0 radical (unpaired) electrons. The van der Waals surface area contributed by atoms with E-state index in [0.29, 0.717) is 11.5 Å². The number of allylic oxidation sites excluding steroid dienone is 2. The first kappa shape index (κ1) is 36.1. The fraction of sp³-hybridized carbons (Fsp3) is 0.0476. The molecular weight excluding hydrogens is 660 g/mol. The number of phenols is 2. The Labute approximate surface area is 300 Å². The van der Waals surface area contributed by atoms with E-state index in [1.807, 2.05) is 74.5 Å². The third-order valence-corrected chi connectivity index (χ3v) is 7.75. The van der Waals surface area contributed by atoms with E-state index >= 15 is 0 Å². The number of aromatic hydroxyl groups is 2. The standard InChI is InChI=1S/C27H20N2O6.C15H14O2/c1-19(21-12-16-23(17-13-21)35-27-9-5-3-7-25(27)29(32)33)18-20-10-14-22(15-11-20)34-26-8-4-2-6-24(26)28(30)31;1-11(13-4-8-15(17)9-5-13)10-12-2-6-14(16)7-3-12/h2-18H,1H3;2-10,16-17H,1H3/b19-18+;11-10+. The summed E-state index contributed by atoms with van der Waals surface area (Å²) in [5.41, 5.74) is 5.90. The van der Waals surface area contributed by atoms with Gasteiger partial charge in [0.25, 0.3) is 0 Å². The molecule has 10 nitrogen and oxygen atoms in total. The molecule has 0 spiro atoms. The fourth-order valence-electron chi connectivity index (χ4n) is 5.02. The van der Waals surface area contributed by atoms with Crippen molar-refractivity contribution in [2.45, 2.75) is 13.8 Å². The molecule has 52 heavy (non-hydrogen) atoms. The molecule has 6 aromatic rings. The van der Waals surface area contributed by atoms with Gasteiger partial charge in [0.15, 0.2) is 0 Å². The Bertz CT molecular complexity index is 2210. The maximum absolute atomic E-state index is 11.2. The Hall–Kier alpha value is -7.20. The predicted octanol–water partition coefficient (Wildman–Crippen LogP) is 11.3. The van der Waals surface area contributed by atoms with Crippen LogP contribution in [0.3, 0.4) is 0 Å². The molecule has 0 fully saturated rings. The van der Waals surface area contributed by atoms with Crippen LogP contribution in [-0.2, 0) is 0 Å². The Morgan fingerprint density at radius 3 is 1.23 bits per heavy atom. The van der Waals surface area contributed by atoms with Crippen molar-refractivity contribution in [1.82, 2.24) is 0 Å². The van der Waals surface area contributed by atoms with Gasteiger partial charge in [0.1, 0.15) is 23.0 Å². The number of para-hydroxylation sites is 4. The molecule has 6 rings (SSSR count). The second-order valence-corrected chi connectivity index (χ2v) is 11.5. The number of rotatable bonds is 10. The lowest BCUT2D eigenvalue weighted by Crippen LogP contribution is -1.93. The van der Waals surface area contributed by atoms with E-state index in [0.717, 1.165) is 33.4 Å². The van der Waals surface area contributed by atoms with E-state index in [-0.39, 0.29) is 34.4 Å². The lowest BCUT2D eigenvalue weighted by Gasteiger charge is -2.08. The van der Waals surface area contributed by atoms with Crippen molar-refractivity contribution >= 4 is 34.7 Å². The molecule has 2 N–H and O–H groups in total. The van der Waals surface area contributed by atoms with Gasteiger partial charge in [-0.05, 0) is 108 Å². The van der Waals surface area contributed by atoms with Crippen LogP contribution in [0.1, 0.15) is 36.1 Å². The zero-order valence-corrected chi connectivity index (χ0v) is 28.2. The SMILES string of the molecule is C/C(=C\c1ccc(O)cc1)c1ccc(O)cc1.C/C(=C\c1ccc(Oc2ccccc2[N+](=O)[O-])cc1)c1ccc(Oc2ccccc2[N+](=O)[O-])cc1. The number of nitro groups is 2. The van der Waals surface area contributed by atoms with Gasteiger partial charge in [0.2, 0.25) is 11.5 Å². The molecular formula is C42H34N2O8. The van der Waals surface area contributed by atoms with E-state index < -0.39 is 9.85 Å². The van der Waals surface area contributed by atoms with Crippen molar-refractivity contribution in [3.8, 4) is 34.5 Å². The van der Waals surface area contributed by atoms with E-state index in [9.17, 15) is 30.4 Å². The quantitative estimate of drug-likeness (QED) is 0.0818. The number of benzene rings is 6. The van der Waals surface area contributed by atoms with E-state index in [1.165, 1.54) is 12.1 Å². The molecule has 0 aliphatic carbocycles. The Kier molecular flexibility index (Phi) is 11.8. The first-order valence-corrected chi connectivity index (χ1v) is 16.0. The van der Waals surface area contributed by atoms with Crippen molar-refractivity contribution in [2.24, 2.45) is 0 Å². The summed E-state index contributed by atoms with van der Waals surface area (Å²) in [4.78, 5) is 21.4. The van der Waals surface area contributed by atoms with Crippen LogP contribution in [0.2, 0.25) is 0 Å². The van der Waals surface area contributed by atoms with Gasteiger partial charge in [-0.3, -0.25) is 20.2 Å². The molecule has 6 aromatic carbocycles. The van der Waals surface area contributed by atoms with Crippen molar-refractivity contribution in [3.05, 3.63) is 188 Å². The average molecular weight is 695 g/mol. The van der Waals surface area contributed by atoms with Gasteiger partial charge >= 0.3 is 11.4 Å². The number of ether oxygens (including phenoxy) is 2. The summed E-state index contributed by atoms with van der Waals surface area (Å²) in [6.45, 7) is 3.98. The lowest BCUT2D eigenvalue weighted by atomic mass is 10.0. The smallest absolute Gasteiger partial charge is 0.311 e. The predicted molar refractivity (Wildman–Crippen MR) is 203 cm³/mol. The van der Waals surface area contributed by atoms with Crippen molar-refractivity contribution in [1.29, 1.82) is 0 Å². The average Bonchev–Trinajstić information content (AvgIpc) is 3.14. The maximum Gasteiger partial charge on any atom is 0.311 e. The molecule has 0 unspecified atom stereocenters. The highest BCUT2D eigenvalue weighted by Gasteiger charge is 2.15. The first-order valence-electron chi connectivity index (χ1n) is 16.0. The van der Waals surface area contributed by atoms with Crippen LogP contribution >= 0.6 is 0 Å². The zero-order chi connectivity index (χ0) is 37.0. The zero-order valence-electron chi connectivity index (χ0n) is 28.2. The van der Waals surface area contributed by atoms with Crippen LogP contribution in [-0.4, -0.2) is 20.1 Å². The molecule has 0 atom stereocenters. The second-order valence-electron chi connectivity index (χ2n) is 11.5. The van der Waals surface area contributed by atoms with Gasteiger partial charge in [-0.25, -0.2) is 0 Å². The summed E-state index contributed by atoms with van der Waals surface area (Å²) in [6, 6.07) is 41.1. The molecule has 260 valence electrons. The molecule has 0 heterocycles. The van der Waals surface area contributed by atoms with Crippen LogP contribution in [0.25, 0.3) is 23.3 Å². The lowest BCUT2D eigenvalue weighted by molar-refractivity contribution is -0.385. The van der Waals surface area contributed by atoms with Gasteiger partial charge in [0.05, 0.1) is 9.85 Å². The summed E-state index contributed by atoms with van der Waals surface area (Å²) < 4.78 is 11.4. The molecule has 0 aliphatic heterocycles. The third-order valence-electron chi connectivity index (χ3n) is 7.75. The number of nitro benzene ring substituents is 2. The van der Waals surface area contributed by atoms with Crippen LogP contribution in [0.15, 0.2) is 146 Å². The first-order chi connectivity index (χ1) is 25.0. The third kappa shape index (κ3) is 9.93. The van der Waals surface area contributed by atoms with Gasteiger partial charge in [-0.1, -0.05) is 84.9 Å². The normalized spacial score (nSPS) is 11.2. The summed E-state index contributed by atoms with van der Waals surface area (Å²) >= 11 is 0. The highest BCUT2D eigenvalue weighted by atomic mass is 16.6. The molecule has 0 amide bonds. The molecule has 0 aliphatic rings. The van der Waals surface area contributed by atoms with E-state index in [4.69, 9.17) is 9.47 Å². The van der Waals surface area contributed by atoms with Gasteiger partial charge in [-0.2, -0.15) is 0 Å². The molecule has 0 bridgehead atoms. The second kappa shape index (κ2) is 17.0. The van der Waals surface area contributed by atoms with Gasteiger partial charge in [-0.15, -0.1) is 0 Å². The van der Waals surface area contributed by atoms with Gasteiger partial charge < -0.3 is 19.7 Å². The Morgan fingerprint density at radius 1 is 0.500 bits per heavy atom. The minimum Gasteiger partial charge on any atom is -0.508 e. The summed E-state index contributed by atoms with van der Waals surface area (Å²) in [5.74, 6) is 1.88. The summed E-state index contributed by atoms with van der Waals surface area (Å²) in [7, 11) is 0. The number of hydrogen-bond acceptors (Lipinski definition) is 8. The Balaban J connectivity index is 0.000000257. The minimum absolute atomic E-state index is 0.0954. The van der Waals surface area contributed by atoms with Crippen molar-refractivity contribution < 1.29 is 29.5 Å². The van der Waals surface area contributed by atoms with Gasteiger partial charge in [0, 0.05) is 12.1 Å². The largest absolute Gasteiger partial charge is 0.508 e. The summed E-state index contributed by atoms with van der Waals surface area (Å²) in [6.07, 6.45) is 4.03. The van der Waals surface area contributed by atoms with Crippen LogP contribution in [0.4, 0.5) is 11.4 Å². The molecule has 0 saturated heterocycles. The number of hydrogen-bond donors (Lipinski definition) is 2. The van der Waals surface area contributed by atoms with Crippen molar-refractivity contribution in [3.63, 3.8) is 0 Å². The van der Waals surface area contributed by atoms with Crippen molar-refractivity contribution in [2.75, 3.05) is 0 Å². The summed E-state index contributed by atoms with van der Waals surface area (Å²) in [5, 5.41) is 40.7. The molecule has 0 saturated carbocycles. The van der Waals surface area contributed by atoms with Crippen LogP contribution in [0, 0.1) is 20.2 Å². The highest BCUT2D eigenvalue weighted by molar-refractivity contribution is 5.81. The Morgan fingerprint density at radius 2 is 0.827 bits per heavy atom. The topological polar surface area (TPSA) is 145 Å². The highest BCUT2D eigenvalue weighted by Crippen LogP contribution is 2.33. The fourth-order valence-corrected chi connectivity index (χ4v) is 5.02. The number of phenolic OH excluding ortho intramolecular Hbond substituents is 2. The van der Waals surface area contributed by atoms with Crippen LogP contribution in [0.5, 0.6) is 34.5 Å². The molecule has 10 heteroatoms. The minimum atomic E-state index is -0.479. The number of nitrogens with zero attached hydrogens (tertiary/aromatic N) is 2. The van der Waals surface area contributed by atoms with E-state index in [2.05, 4.69) is 0 Å². The maximum atomic E-state index is 11.2. The monoisotopic (exact) mass is 694 g/mol. The molecule has 0 aromatic heterocycles. The van der Waals surface area contributed by atoms with E-state index in [1.54, 1.807) is 84.9 Å². The van der Waals surface area contributed by atoms with Crippen LogP contribution < -0.4 is 9.47 Å².